The highest BCUT2D eigenvalue weighted by Crippen LogP contribution is 2.03. The molecule has 0 saturated heterocycles. The molecule has 0 aromatic carbocycles. The first-order valence-corrected chi connectivity index (χ1v) is 5.15. The van der Waals surface area contributed by atoms with Gasteiger partial charge in [0.25, 0.3) is 0 Å². The van der Waals surface area contributed by atoms with Crippen LogP contribution in [0.25, 0.3) is 0 Å². The van der Waals surface area contributed by atoms with E-state index in [0.29, 0.717) is 0 Å². The minimum Gasteiger partial charge on any atom is -0.313 e. The average molecular weight is 193 g/mol. The van der Waals surface area contributed by atoms with Crippen LogP contribution in [0, 0.1) is 0 Å². The highest BCUT2D eigenvalue weighted by Gasteiger charge is 1.98. The molecule has 0 aliphatic heterocycles. The predicted octanol–water partition coefficient (Wildman–Crippen LogP) is 1.96. The van der Waals surface area contributed by atoms with Crippen LogP contribution in [-0.4, -0.2) is 16.3 Å². The van der Waals surface area contributed by atoms with Gasteiger partial charge in [0, 0.05) is 18.3 Å². The molecule has 0 fully saturated rings. The van der Waals surface area contributed by atoms with Crippen molar-refractivity contribution in [1.82, 2.24) is 15.1 Å². The minimum absolute atomic E-state index is 0.836. The maximum atomic E-state index is 4.27. The lowest BCUT2D eigenvalue weighted by Gasteiger charge is -2.01. The van der Waals surface area contributed by atoms with E-state index in [1.165, 1.54) is 11.1 Å². The molecule has 14 heavy (non-hydrogen) atoms. The standard InChI is InChI=1S/C11H19N3/c1-4-10(3)8-14-9-11(7-13-14)6-12-5-2/h7,9,12H,3-6,8H2,1-2H3. The van der Waals surface area contributed by atoms with Crippen LogP contribution in [0.1, 0.15) is 25.8 Å². The fraction of sp³-hybridized carbons (Fsp3) is 0.545. The summed E-state index contributed by atoms with van der Waals surface area (Å²) in [6.45, 7) is 10.9. The van der Waals surface area contributed by atoms with Crippen molar-refractivity contribution in [2.45, 2.75) is 33.4 Å². The van der Waals surface area contributed by atoms with E-state index in [2.05, 4.69) is 37.0 Å². The Morgan fingerprint density at radius 3 is 3.00 bits per heavy atom. The summed E-state index contributed by atoms with van der Waals surface area (Å²) in [5, 5.41) is 7.54. The number of nitrogens with one attached hydrogen (secondary N) is 1. The molecule has 0 unspecified atom stereocenters. The van der Waals surface area contributed by atoms with Crippen LogP contribution in [-0.2, 0) is 13.1 Å². The van der Waals surface area contributed by atoms with E-state index in [0.717, 1.165) is 26.1 Å². The number of allylic oxidation sites excluding steroid dienone is 1. The van der Waals surface area contributed by atoms with E-state index in [-0.39, 0.29) is 0 Å². The summed E-state index contributed by atoms with van der Waals surface area (Å²) in [5.74, 6) is 0. The first-order valence-electron chi connectivity index (χ1n) is 5.15. The molecule has 0 aliphatic rings. The zero-order valence-corrected chi connectivity index (χ0v) is 9.08. The molecule has 78 valence electrons. The Morgan fingerprint density at radius 2 is 2.36 bits per heavy atom. The minimum atomic E-state index is 0.836. The summed E-state index contributed by atoms with van der Waals surface area (Å²) in [6.07, 6.45) is 5.00. The lowest BCUT2D eigenvalue weighted by Crippen LogP contribution is -2.11. The van der Waals surface area contributed by atoms with E-state index in [9.17, 15) is 0 Å². The summed E-state index contributed by atoms with van der Waals surface area (Å²) in [4.78, 5) is 0. The Bertz CT molecular complexity index is 288. The summed E-state index contributed by atoms with van der Waals surface area (Å²) in [6, 6.07) is 0. The molecule has 0 aliphatic carbocycles. The second-order valence-electron chi connectivity index (χ2n) is 3.43. The van der Waals surface area contributed by atoms with Gasteiger partial charge in [-0.05, 0) is 13.0 Å². The van der Waals surface area contributed by atoms with E-state index in [4.69, 9.17) is 0 Å². The highest BCUT2D eigenvalue weighted by atomic mass is 15.3. The van der Waals surface area contributed by atoms with Gasteiger partial charge in [0.2, 0.25) is 0 Å². The third-order valence-corrected chi connectivity index (χ3v) is 2.15. The summed E-state index contributed by atoms with van der Waals surface area (Å²) >= 11 is 0. The molecule has 0 atom stereocenters. The SMILES string of the molecule is C=C(CC)Cn1cc(CNCC)cn1. The van der Waals surface area contributed by atoms with Crippen molar-refractivity contribution < 1.29 is 0 Å². The predicted molar refractivity (Wildman–Crippen MR) is 59.0 cm³/mol. The topological polar surface area (TPSA) is 29.9 Å². The van der Waals surface area contributed by atoms with Crippen LogP contribution in [0.15, 0.2) is 24.5 Å². The fourth-order valence-electron chi connectivity index (χ4n) is 1.19. The molecular weight excluding hydrogens is 174 g/mol. The van der Waals surface area contributed by atoms with E-state index >= 15 is 0 Å². The van der Waals surface area contributed by atoms with Crippen LogP contribution in [0.2, 0.25) is 0 Å². The summed E-state index contributed by atoms with van der Waals surface area (Å²) in [5.41, 5.74) is 2.44. The number of hydrogen-bond acceptors (Lipinski definition) is 2. The maximum Gasteiger partial charge on any atom is 0.0616 e. The molecule has 0 amide bonds. The summed E-state index contributed by atoms with van der Waals surface area (Å²) < 4.78 is 1.94. The van der Waals surface area contributed by atoms with Crippen molar-refractivity contribution >= 4 is 0 Å². The van der Waals surface area contributed by atoms with Crippen molar-refractivity contribution in [3.05, 3.63) is 30.1 Å². The number of aromatic nitrogens is 2. The number of rotatable bonds is 6. The fourth-order valence-corrected chi connectivity index (χ4v) is 1.19. The van der Waals surface area contributed by atoms with Crippen LogP contribution in [0.3, 0.4) is 0 Å². The lowest BCUT2D eigenvalue weighted by molar-refractivity contribution is 0.662. The zero-order valence-electron chi connectivity index (χ0n) is 9.08. The van der Waals surface area contributed by atoms with Crippen molar-refractivity contribution in [1.29, 1.82) is 0 Å². The van der Waals surface area contributed by atoms with Crippen LogP contribution >= 0.6 is 0 Å². The van der Waals surface area contributed by atoms with Crippen LogP contribution in [0.4, 0.5) is 0 Å². The Hall–Kier alpha value is -1.09. The van der Waals surface area contributed by atoms with Gasteiger partial charge < -0.3 is 5.32 Å². The average Bonchev–Trinajstić information content (AvgIpc) is 2.62. The third kappa shape index (κ3) is 3.34. The molecule has 0 bridgehead atoms. The molecule has 0 spiro atoms. The number of nitrogens with zero attached hydrogens (tertiary/aromatic N) is 2. The van der Waals surface area contributed by atoms with Gasteiger partial charge in [-0.1, -0.05) is 26.0 Å². The smallest absolute Gasteiger partial charge is 0.0616 e. The first-order chi connectivity index (χ1) is 6.76. The maximum absolute atomic E-state index is 4.27. The molecular formula is C11H19N3. The van der Waals surface area contributed by atoms with Gasteiger partial charge in [-0.25, -0.2) is 0 Å². The van der Waals surface area contributed by atoms with Crippen molar-refractivity contribution in [2.75, 3.05) is 6.54 Å². The molecule has 1 heterocycles. The van der Waals surface area contributed by atoms with Gasteiger partial charge in [0.05, 0.1) is 12.7 Å². The van der Waals surface area contributed by atoms with E-state index in [1.807, 2.05) is 10.9 Å². The molecule has 3 heteroatoms. The Balaban J connectivity index is 2.46. The zero-order chi connectivity index (χ0) is 10.4. The lowest BCUT2D eigenvalue weighted by atomic mass is 10.2. The Morgan fingerprint density at radius 1 is 1.57 bits per heavy atom. The quantitative estimate of drug-likeness (QED) is 0.700. The molecule has 3 nitrogen and oxygen atoms in total. The first kappa shape index (κ1) is 11.0. The van der Waals surface area contributed by atoms with E-state index < -0.39 is 0 Å². The monoisotopic (exact) mass is 193 g/mol. The van der Waals surface area contributed by atoms with Gasteiger partial charge in [-0.3, -0.25) is 4.68 Å². The highest BCUT2D eigenvalue weighted by molar-refractivity contribution is 5.05. The molecule has 1 rings (SSSR count). The van der Waals surface area contributed by atoms with Gasteiger partial charge in [0.1, 0.15) is 0 Å². The van der Waals surface area contributed by atoms with Gasteiger partial charge in [-0.15, -0.1) is 0 Å². The van der Waals surface area contributed by atoms with Gasteiger partial charge in [0.15, 0.2) is 0 Å². The van der Waals surface area contributed by atoms with Gasteiger partial charge in [-0.2, -0.15) is 5.10 Å². The normalized spacial score (nSPS) is 10.4. The van der Waals surface area contributed by atoms with Gasteiger partial charge >= 0.3 is 0 Å². The molecule has 0 radical (unpaired) electrons. The second kappa shape index (κ2) is 5.60. The third-order valence-electron chi connectivity index (χ3n) is 2.15. The van der Waals surface area contributed by atoms with Crippen molar-refractivity contribution in [3.8, 4) is 0 Å². The molecule has 1 aromatic rings. The van der Waals surface area contributed by atoms with Crippen LogP contribution < -0.4 is 5.32 Å². The van der Waals surface area contributed by atoms with Crippen molar-refractivity contribution in [3.63, 3.8) is 0 Å². The molecule has 0 saturated carbocycles. The van der Waals surface area contributed by atoms with Crippen molar-refractivity contribution in [2.24, 2.45) is 0 Å². The number of hydrogen-bond donors (Lipinski definition) is 1. The Kier molecular flexibility index (Phi) is 4.40. The second-order valence-corrected chi connectivity index (χ2v) is 3.43. The molecule has 1 aromatic heterocycles. The Labute approximate surface area is 85.8 Å². The van der Waals surface area contributed by atoms with E-state index in [1.54, 1.807) is 0 Å². The molecule has 1 N–H and O–H groups in total. The largest absolute Gasteiger partial charge is 0.313 e. The summed E-state index contributed by atoms with van der Waals surface area (Å²) in [7, 11) is 0. The van der Waals surface area contributed by atoms with Crippen LogP contribution in [0.5, 0.6) is 0 Å².